The average Bonchev–Trinajstić information content (AvgIpc) is 3.42. The minimum absolute atomic E-state index is 0.0677. The normalized spacial score (nSPS) is 12.9. The first-order valence-corrected chi connectivity index (χ1v) is 14.3. The highest BCUT2D eigenvalue weighted by molar-refractivity contribution is 7.90. The Bertz CT molecular complexity index is 1490. The van der Waals surface area contributed by atoms with Crippen LogP contribution >= 0.6 is 0 Å². The minimum atomic E-state index is -3.60. The van der Waals surface area contributed by atoms with Crippen LogP contribution in [0, 0.1) is 0 Å². The summed E-state index contributed by atoms with van der Waals surface area (Å²) in [6.45, 7) is 1.41. The first kappa shape index (κ1) is 25.7. The van der Waals surface area contributed by atoms with Crippen molar-refractivity contribution in [3.8, 4) is 11.5 Å². The van der Waals surface area contributed by atoms with E-state index in [1.54, 1.807) is 24.7 Å². The Labute approximate surface area is 222 Å². The van der Waals surface area contributed by atoms with Crippen LogP contribution in [0.5, 0.6) is 11.5 Å². The number of sulfone groups is 1. The lowest BCUT2D eigenvalue weighted by Crippen LogP contribution is -2.21. The Balaban J connectivity index is 1.34. The van der Waals surface area contributed by atoms with Crippen molar-refractivity contribution >= 4 is 21.4 Å². The molecule has 0 atom stereocenters. The van der Waals surface area contributed by atoms with Gasteiger partial charge in [0.15, 0.2) is 9.84 Å². The SMILES string of the molecule is CS(=O)(=O)c1cccc(COCCCn2ccnc2)c1NC(=O)CC1c2ccccc2Oc2ccccc21. The topological polar surface area (TPSA) is 99.5 Å². The van der Waals surface area contributed by atoms with Crippen molar-refractivity contribution in [2.75, 3.05) is 18.2 Å². The fraction of sp³-hybridized carbons (Fsp3) is 0.241. The third-order valence-electron chi connectivity index (χ3n) is 6.50. The van der Waals surface area contributed by atoms with Crippen molar-refractivity contribution in [3.05, 3.63) is 102 Å². The summed E-state index contributed by atoms with van der Waals surface area (Å²) in [6.07, 6.45) is 7.40. The number of hydrogen-bond acceptors (Lipinski definition) is 6. The molecule has 0 aliphatic carbocycles. The Morgan fingerprint density at radius 1 is 1.03 bits per heavy atom. The van der Waals surface area contributed by atoms with E-state index in [4.69, 9.17) is 9.47 Å². The van der Waals surface area contributed by atoms with Gasteiger partial charge in [-0.25, -0.2) is 13.4 Å². The van der Waals surface area contributed by atoms with E-state index in [9.17, 15) is 13.2 Å². The van der Waals surface area contributed by atoms with Gasteiger partial charge in [-0.05, 0) is 24.6 Å². The van der Waals surface area contributed by atoms with E-state index < -0.39 is 9.84 Å². The molecule has 0 spiro atoms. The summed E-state index contributed by atoms with van der Waals surface area (Å²) in [5, 5.41) is 2.91. The second kappa shape index (κ2) is 11.2. The first-order chi connectivity index (χ1) is 18.4. The first-order valence-electron chi connectivity index (χ1n) is 12.4. The summed E-state index contributed by atoms with van der Waals surface area (Å²) in [6, 6.07) is 20.3. The zero-order chi connectivity index (χ0) is 26.5. The molecule has 0 saturated carbocycles. The van der Waals surface area contributed by atoms with E-state index >= 15 is 0 Å². The summed E-state index contributed by atoms with van der Waals surface area (Å²) in [5.41, 5.74) is 2.71. The zero-order valence-electron chi connectivity index (χ0n) is 21.0. The lowest BCUT2D eigenvalue weighted by molar-refractivity contribution is -0.116. The molecule has 1 amide bonds. The molecule has 9 heteroatoms. The molecular formula is C29H29N3O5S. The summed E-state index contributed by atoms with van der Waals surface area (Å²) >= 11 is 0. The Hall–Kier alpha value is -3.95. The maximum atomic E-state index is 13.4. The number of amides is 1. The lowest BCUT2D eigenvalue weighted by atomic mass is 9.85. The van der Waals surface area contributed by atoms with Crippen LogP contribution in [-0.4, -0.2) is 36.7 Å². The molecule has 0 unspecified atom stereocenters. The zero-order valence-corrected chi connectivity index (χ0v) is 21.9. The number of rotatable bonds is 10. The van der Waals surface area contributed by atoms with E-state index in [0.717, 1.165) is 30.3 Å². The number of nitrogens with zero attached hydrogens (tertiary/aromatic N) is 2. The molecule has 38 heavy (non-hydrogen) atoms. The molecule has 0 bridgehead atoms. The third-order valence-corrected chi connectivity index (χ3v) is 7.64. The molecule has 1 aliphatic heterocycles. The molecule has 1 aromatic heterocycles. The van der Waals surface area contributed by atoms with Crippen molar-refractivity contribution in [1.82, 2.24) is 9.55 Å². The number of carbonyl (C=O) groups excluding carboxylic acids is 1. The molecular weight excluding hydrogens is 502 g/mol. The molecule has 5 rings (SSSR count). The van der Waals surface area contributed by atoms with Crippen LogP contribution in [0.4, 0.5) is 5.69 Å². The van der Waals surface area contributed by atoms with Crippen molar-refractivity contribution < 1.29 is 22.7 Å². The maximum Gasteiger partial charge on any atom is 0.225 e. The van der Waals surface area contributed by atoms with Gasteiger partial charge in [0, 0.05) is 60.8 Å². The highest BCUT2D eigenvalue weighted by Gasteiger charge is 2.29. The quantitative estimate of drug-likeness (QED) is 0.284. The van der Waals surface area contributed by atoms with Crippen molar-refractivity contribution in [2.45, 2.75) is 36.8 Å². The molecule has 2 heterocycles. The monoisotopic (exact) mass is 531 g/mol. The number of fused-ring (bicyclic) bond motifs is 2. The molecule has 8 nitrogen and oxygen atoms in total. The number of ether oxygens (including phenoxy) is 2. The highest BCUT2D eigenvalue weighted by Crippen LogP contribution is 2.45. The summed E-state index contributed by atoms with van der Waals surface area (Å²) in [4.78, 5) is 17.5. The Morgan fingerprint density at radius 3 is 2.39 bits per heavy atom. The predicted octanol–water partition coefficient (Wildman–Crippen LogP) is 5.16. The van der Waals surface area contributed by atoms with Crippen molar-refractivity contribution in [3.63, 3.8) is 0 Å². The molecule has 0 radical (unpaired) electrons. The molecule has 0 fully saturated rings. The van der Waals surface area contributed by atoms with Gasteiger partial charge >= 0.3 is 0 Å². The third kappa shape index (κ3) is 5.79. The van der Waals surface area contributed by atoms with E-state index in [0.29, 0.717) is 23.7 Å². The number of aryl methyl sites for hydroxylation is 1. The van der Waals surface area contributed by atoms with Crippen molar-refractivity contribution in [1.29, 1.82) is 0 Å². The average molecular weight is 532 g/mol. The van der Waals surface area contributed by atoms with Crippen LogP contribution in [0.2, 0.25) is 0 Å². The van der Waals surface area contributed by atoms with Crippen molar-refractivity contribution in [2.24, 2.45) is 0 Å². The van der Waals surface area contributed by atoms with E-state index in [-0.39, 0.29) is 35.4 Å². The number of anilines is 1. The fourth-order valence-electron chi connectivity index (χ4n) is 4.70. The van der Waals surface area contributed by atoms with Crippen LogP contribution in [0.25, 0.3) is 0 Å². The van der Waals surface area contributed by atoms with Gasteiger partial charge < -0.3 is 19.4 Å². The number of imidazole rings is 1. The Morgan fingerprint density at radius 2 is 1.74 bits per heavy atom. The van der Waals surface area contributed by atoms with Crippen LogP contribution in [-0.2, 0) is 32.5 Å². The van der Waals surface area contributed by atoms with Crippen LogP contribution < -0.4 is 10.1 Å². The smallest absolute Gasteiger partial charge is 0.225 e. The van der Waals surface area contributed by atoms with Crippen LogP contribution in [0.15, 0.2) is 90.3 Å². The molecule has 0 saturated heterocycles. The summed E-state index contributed by atoms with van der Waals surface area (Å²) in [5.74, 6) is 0.902. The summed E-state index contributed by atoms with van der Waals surface area (Å²) in [7, 11) is -3.60. The van der Waals surface area contributed by atoms with Crippen LogP contribution in [0.1, 0.15) is 35.4 Å². The second-order valence-corrected chi connectivity index (χ2v) is 11.2. The minimum Gasteiger partial charge on any atom is -0.457 e. The van der Waals surface area contributed by atoms with Gasteiger partial charge in [-0.2, -0.15) is 0 Å². The summed E-state index contributed by atoms with van der Waals surface area (Å²) < 4.78 is 39.1. The molecule has 1 aliphatic rings. The number of benzene rings is 3. The number of carbonyl (C=O) groups is 1. The van der Waals surface area contributed by atoms with Gasteiger partial charge in [0.2, 0.25) is 5.91 Å². The van der Waals surface area contributed by atoms with Gasteiger partial charge in [0.05, 0.1) is 23.5 Å². The van der Waals surface area contributed by atoms with E-state index in [1.165, 1.54) is 6.07 Å². The number of aromatic nitrogens is 2. The van der Waals surface area contributed by atoms with E-state index in [2.05, 4.69) is 10.3 Å². The number of hydrogen-bond donors (Lipinski definition) is 1. The highest BCUT2D eigenvalue weighted by atomic mass is 32.2. The van der Waals surface area contributed by atoms with Gasteiger partial charge in [0.1, 0.15) is 11.5 Å². The van der Waals surface area contributed by atoms with Gasteiger partial charge in [-0.15, -0.1) is 0 Å². The van der Waals surface area contributed by atoms with Gasteiger partial charge in [-0.1, -0.05) is 48.5 Å². The molecule has 4 aromatic rings. The lowest BCUT2D eigenvalue weighted by Gasteiger charge is -2.28. The standard InChI is InChI=1S/C29H29N3O5S/c1-38(34,35)27-13-6-8-21(19-36-17-7-15-32-16-14-30-20-32)29(27)31-28(33)18-24-22-9-2-4-11-25(22)37-26-12-5-3-10-23(24)26/h2-6,8-14,16,20,24H,7,15,17-19H2,1H3,(H,31,33). The van der Waals surface area contributed by atoms with Gasteiger partial charge in [0.25, 0.3) is 0 Å². The maximum absolute atomic E-state index is 13.4. The second-order valence-electron chi connectivity index (χ2n) is 9.25. The number of para-hydroxylation sites is 3. The van der Waals surface area contributed by atoms with Gasteiger partial charge in [-0.3, -0.25) is 4.79 Å². The number of nitrogens with one attached hydrogen (secondary N) is 1. The van der Waals surface area contributed by atoms with E-state index in [1.807, 2.05) is 59.3 Å². The molecule has 3 aromatic carbocycles. The van der Waals surface area contributed by atoms with Crippen LogP contribution in [0.3, 0.4) is 0 Å². The molecule has 1 N–H and O–H groups in total. The predicted molar refractivity (Wildman–Crippen MR) is 144 cm³/mol. The Kier molecular flexibility index (Phi) is 7.57. The molecule has 196 valence electrons. The largest absolute Gasteiger partial charge is 0.457 e. The fourth-order valence-corrected chi connectivity index (χ4v) is 5.58.